The maximum absolute atomic E-state index is 14.9. The molecule has 3 aliphatic heterocycles. The quantitative estimate of drug-likeness (QED) is 0.165. The van der Waals surface area contributed by atoms with Crippen LogP contribution in [0.1, 0.15) is 37.3 Å². The van der Waals surface area contributed by atoms with Gasteiger partial charge in [-0.3, -0.25) is 19.7 Å². The van der Waals surface area contributed by atoms with Crippen LogP contribution in [-0.2, 0) is 26.5 Å². The van der Waals surface area contributed by atoms with Gasteiger partial charge in [0.05, 0.1) is 44.5 Å². The highest BCUT2D eigenvalue weighted by molar-refractivity contribution is 6.91. The molecule has 3 aromatic rings. The molecule has 0 unspecified atom stereocenters. The molecule has 0 aromatic heterocycles. The molecule has 3 heterocycles. The first-order valence-electron chi connectivity index (χ1n) is 16.2. The van der Waals surface area contributed by atoms with Gasteiger partial charge in [0.2, 0.25) is 5.91 Å². The van der Waals surface area contributed by atoms with E-state index in [0.717, 1.165) is 35.9 Å². The van der Waals surface area contributed by atoms with E-state index in [0.29, 0.717) is 23.4 Å². The van der Waals surface area contributed by atoms with Crippen molar-refractivity contribution in [3.8, 4) is 5.75 Å². The van der Waals surface area contributed by atoms with E-state index in [4.69, 9.17) is 9.47 Å². The summed E-state index contributed by atoms with van der Waals surface area (Å²) in [6.07, 6.45) is 1.62. The van der Waals surface area contributed by atoms with Gasteiger partial charge in [0.25, 0.3) is 11.6 Å². The van der Waals surface area contributed by atoms with Crippen LogP contribution in [-0.4, -0.2) is 62.3 Å². The normalized spacial score (nSPS) is 25.3. The molecule has 0 bridgehead atoms. The Morgan fingerprint density at radius 2 is 1.96 bits per heavy atom. The maximum Gasteiger partial charge on any atom is 0.269 e. The second-order valence-electron chi connectivity index (χ2n) is 13.4. The summed E-state index contributed by atoms with van der Waals surface area (Å²) in [5, 5.41) is 29.5. The smallest absolute Gasteiger partial charge is 0.269 e. The minimum Gasteiger partial charge on any atom is -0.497 e. The molecule has 0 aliphatic carbocycles. The van der Waals surface area contributed by atoms with Crippen molar-refractivity contribution in [3.05, 3.63) is 88.0 Å². The third-order valence-corrected chi connectivity index (χ3v) is 14.7. The number of methoxy groups -OCH3 is 1. The van der Waals surface area contributed by atoms with Crippen LogP contribution in [0.25, 0.3) is 0 Å². The molecule has 3 N–H and O–H groups in total. The fourth-order valence-corrected chi connectivity index (χ4v) is 12.1. The summed E-state index contributed by atoms with van der Waals surface area (Å²) < 4.78 is 12.3. The molecule has 2 amide bonds. The summed E-state index contributed by atoms with van der Waals surface area (Å²) in [6.45, 7) is 7.38. The third kappa shape index (κ3) is 5.73. The van der Waals surface area contributed by atoms with Crippen LogP contribution < -0.4 is 25.5 Å². The predicted molar refractivity (Wildman–Crippen MR) is 182 cm³/mol. The molecule has 47 heavy (non-hydrogen) atoms. The highest BCUT2D eigenvalue weighted by Gasteiger charge is 2.66. The Hall–Kier alpha value is -4.10. The monoisotopic (exact) mass is 658 g/mol. The average molecular weight is 659 g/mol. The Labute approximate surface area is 275 Å². The molecule has 248 valence electrons. The van der Waals surface area contributed by atoms with Gasteiger partial charge >= 0.3 is 0 Å². The Morgan fingerprint density at radius 3 is 2.62 bits per heavy atom. The molecule has 0 saturated carbocycles. The highest BCUT2D eigenvalue weighted by atomic mass is 28.3. The molecule has 11 nitrogen and oxygen atoms in total. The zero-order valence-corrected chi connectivity index (χ0v) is 28.2. The van der Waals surface area contributed by atoms with Gasteiger partial charge in [-0.1, -0.05) is 49.5 Å². The van der Waals surface area contributed by atoms with E-state index >= 15 is 0 Å². The summed E-state index contributed by atoms with van der Waals surface area (Å²) in [7, 11) is -0.773. The van der Waals surface area contributed by atoms with Gasteiger partial charge in [0.1, 0.15) is 5.75 Å². The standard InChI is InChI=1S/C35H42N4O7Si/c1-22-32(47(3,4)27-13-11-26(45-2)12-14-27)31(16-18-40)46-35(22)28-20-25(39(43)44)10-15-30(28)38(34(35)42)21-23-7-5-8-24(19-23)37-33(41)29-9-6-17-36-29/h5,7-8,10-15,19-20,22,29,31-32,36,40H,6,9,16-18,21H2,1-4H3,(H,37,41)/t22-,29+,31+,32-,35+/m0/s1. The number of benzene rings is 3. The molecule has 2 fully saturated rings. The number of amides is 2. The van der Waals surface area contributed by atoms with E-state index in [1.165, 1.54) is 12.1 Å². The van der Waals surface area contributed by atoms with Crippen molar-refractivity contribution in [3.63, 3.8) is 0 Å². The number of anilines is 2. The molecule has 3 aliphatic rings. The van der Waals surface area contributed by atoms with E-state index in [2.05, 4.69) is 35.9 Å². The number of ether oxygens (including phenoxy) is 2. The van der Waals surface area contributed by atoms with Gasteiger partial charge in [-0.25, -0.2) is 0 Å². The number of aliphatic hydroxyl groups excluding tert-OH is 1. The molecular weight excluding hydrogens is 616 g/mol. The summed E-state index contributed by atoms with van der Waals surface area (Å²) in [5.74, 6) is 0.0197. The largest absolute Gasteiger partial charge is 0.497 e. The third-order valence-electron chi connectivity index (χ3n) is 10.4. The van der Waals surface area contributed by atoms with Crippen LogP contribution in [0.3, 0.4) is 0 Å². The highest BCUT2D eigenvalue weighted by Crippen LogP contribution is 2.60. The molecule has 3 aromatic carbocycles. The summed E-state index contributed by atoms with van der Waals surface area (Å²) in [5.41, 5.74) is 0.777. The van der Waals surface area contributed by atoms with Crippen LogP contribution in [0.4, 0.5) is 17.1 Å². The van der Waals surface area contributed by atoms with E-state index in [1.54, 1.807) is 18.1 Å². The van der Waals surface area contributed by atoms with Crippen molar-refractivity contribution in [2.45, 2.75) is 69.1 Å². The van der Waals surface area contributed by atoms with Crippen LogP contribution in [0.5, 0.6) is 5.75 Å². The van der Waals surface area contributed by atoms with Crippen molar-refractivity contribution in [2.75, 3.05) is 30.5 Å². The summed E-state index contributed by atoms with van der Waals surface area (Å²) >= 11 is 0. The molecule has 1 spiro atoms. The number of non-ortho nitro benzene ring substituents is 1. The number of carbonyl (C=O) groups excluding carboxylic acids is 2. The topological polar surface area (TPSA) is 143 Å². The second-order valence-corrected chi connectivity index (χ2v) is 18.0. The Morgan fingerprint density at radius 1 is 1.19 bits per heavy atom. The van der Waals surface area contributed by atoms with E-state index < -0.39 is 24.7 Å². The van der Waals surface area contributed by atoms with Crippen molar-refractivity contribution >= 4 is 42.1 Å². The Balaban J connectivity index is 1.38. The number of hydrogen-bond acceptors (Lipinski definition) is 8. The van der Waals surface area contributed by atoms with Gasteiger partial charge in [0, 0.05) is 35.9 Å². The Kier molecular flexibility index (Phi) is 8.96. The molecule has 12 heteroatoms. The second kappa shape index (κ2) is 12.8. The molecular formula is C35H42N4O7Si. The lowest BCUT2D eigenvalue weighted by molar-refractivity contribution is -0.385. The number of rotatable bonds is 10. The number of nitro groups is 1. The number of carbonyl (C=O) groups is 2. The predicted octanol–water partition coefficient (Wildman–Crippen LogP) is 4.44. The zero-order chi connectivity index (χ0) is 33.5. The van der Waals surface area contributed by atoms with E-state index in [1.807, 2.05) is 43.3 Å². The number of aliphatic hydroxyl groups is 1. The SMILES string of the molecule is COc1ccc([Si](C)(C)[C@@H]2[C@@H](CCO)O[C@]3(C(=O)N(Cc4cccc(NC(=O)[C@H]5CCCN5)c4)c4ccc([N+](=O)[O-])cc43)[C@H]2C)cc1. The van der Waals surface area contributed by atoms with Crippen LogP contribution >= 0.6 is 0 Å². The number of fused-ring (bicyclic) bond motifs is 2. The first kappa shape index (κ1) is 32.8. The van der Waals surface area contributed by atoms with Gasteiger partial charge in [-0.15, -0.1) is 0 Å². The lowest BCUT2D eigenvalue weighted by atomic mass is 9.82. The van der Waals surface area contributed by atoms with Crippen molar-refractivity contribution in [1.29, 1.82) is 0 Å². The average Bonchev–Trinajstić information content (AvgIpc) is 3.76. The maximum atomic E-state index is 14.9. The first-order valence-corrected chi connectivity index (χ1v) is 19.3. The number of nitrogens with zero attached hydrogens (tertiary/aromatic N) is 2. The molecule has 6 rings (SSSR count). The van der Waals surface area contributed by atoms with E-state index in [-0.39, 0.29) is 48.2 Å². The van der Waals surface area contributed by atoms with Crippen LogP contribution in [0, 0.1) is 16.0 Å². The molecule has 2 saturated heterocycles. The minimum absolute atomic E-state index is 0.0914. The first-order chi connectivity index (χ1) is 22.5. The lowest BCUT2D eigenvalue weighted by Crippen LogP contribution is -2.51. The van der Waals surface area contributed by atoms with Gasteiger partial charge in [-0.2, -0.15) is 0 Å². The molecule has 5 atom stereocenters. The van der Waals surface area contributed by atoms with Gasteiger partial charge < -0.3 is 30.1 Å². The number of nitrogens with one attached hydrogen (secondary N) is 2. The molecule has 0 radical (unpaired) electrons. The number of nitro benzene ring substituents is 1. The number of hydrogen-bond donors (Lipinski definition) is 3. The minimum atomic E-state index is -2.40. The van der Waals surface area contributed by atoms with Crippen LogP contribution in [0.15, 0.2) is 66.7 Å². The van der Waals surface area contributed by atoms with Crippen molar-refractivity contribution in [1.82, 2.24) is 5.32 Å². The summed E-state index contributed by atoms with van der Waals surface area (Å²) in [6, 6.07) is 19.7. The summed E-state index contributed by atoms with van der Waals surface area (Å²) in [4.78, 5) is 40.8. The fourth-order valence-electron chi connectivity index (χ4n) is 8.04. The van der Waals surface area contributed by atoms with Crippen molar-refractivity contribution in [2.24, 2.45) is 5.92 Å². The van der Waals surface area contributed by atoms with Crippen molar-refractivity contribution < 1.29 is 29.1 Å². The Bertz CT molecular complexity index is 1680. The lowest BCUT2D eigenvalue weighted by Gasteiger charge is -2.37. The van der Waals surface area contributed by atoms with Gasteiger partial charge in [0.15, 0.2) is 5.60 Å². The van der Waals surface area contributed by atoms with E-state index in [9.17, 15) is 24.8 Å². The fraction of sp³-hybridized carbons (Fsp3) is 0.429. The van der Waals surface area contributed by atoms with Gasteiger partial charge in [-0.05, 0) is 67.2 Å². The zero-order valence-electron chi connectivity index (χ0n) is 27.2. The van der Waals surface area contributed by atoms with Crippen LogP contribution in [0.2, 0.25) is 18.6 Å².